The van der Waals surface area contributed by atoms with E-state index in [1.165, 1.54) is 6.07 Å². The maximum Gasteiger partial charge on any atom is 0.303 e. The minimum atomic E-state index is -0.814. The molecule has 0 aliphatic heterocycles. The summed E-state index contributed by atoms with van der Waals surface area (Å²) in [5, 5.41) is 10.0. The Bertz CT molecular complexity index is 549. The van der Waals surface area contributed by atoms with Gasteiger partial charge in [0.15, 0.2) is 0 Å². The zero-order valence-corrected chi connectivity index (χ0v) is 9.32. The molecule has 0 spiro atoms. The van der Waals surface area contributed by atoms with Gasteiger partial charge in [-0.15, -0.1) is 0 Å². The molecule has 0 aliphatic rings. The van der Waals surface area contributed by atoms with Gasteiger partial charge in [-0.2, -0.15) is 0 Å². The molecule has 0 fully saturated rings. The van der Waals surface area contributed by atoms with Gasteiger partial charge in [0.1, 0.15) is 5.82 Å². The Morgan fingerprint density at radius 2 is 2.00 bits per heavy atom. The monoisotopic (exact) mass is 232 g/mol. The second-order valence-electron chi connectivity index (χ2n) is 4.05. The van der Waals surface area contributed by atoms with E-state index in [1.54, 1.807) is 12.1 Å². The zero-order valence-electron chi connectivity index (χ0n) is 9.32. The molecular formula is C14H13FO2. The number of fused-ring (bicyclic) bond motifs is 1. The van der Waals surface area contributed by atoms with Gasteiger partial charge >= 0.3 is 5.97 Å². The largest absolute Gasteiger partial charge is 0.481 e. The van der Waals surface area contributed by atoms with Crippen molar-refractivity contribution in [1.29, 1.82) is 0 Å². The first-order chi connectivity index (χ1) is 8.16. The number of hydrogen-bond donors (Lipinski definition) is 1. The normalized spacial score (nSPS) is 10.6. The van der Waals surface area contributed by atoms with Crippen molar-refractivity contribution in [3.63, 3.8) is 0 Å². The van der Waals surface area contributed by atoms with Gasteiger partial charge < -0.3 is 5.11 Å². The van der Waals surface area contributed by atoms with E-state index in [9.17, 15) is 9.18 Å². The first-order valence-electron chi connectivity index (χ1n) is 5.56. The van der Waals surface area contributed by atoms with E-state index in [-0.39, 0.29) is 12.2 Å². The quantitative estimate of drug-likeness (QED) is 0.877. The van der Waals surface area contributed by atoms with Crippen molar-refractivity contribution in [2.75, 3.05) is 0 Å². The average molecular weight is 232 g/mol. The summed E-state index contributed by atoms with van der Waals surface area (Å²) in [6.07, 6.45) is 1.25. The molecule has 2 rings (SSSR count). The smallest absolute Gasteiger partial charge is 0.303 e. The third-order valence-corrected chi connectivity index (χ3v) is 2.73. The standard InChI is InChI=1S/C14H13FO2/c15-13-9-10(4-3-7-14(16)17)8-11-5-1-2-6-12(11)13/h1-2,5-6,8-9H,3-4,7H2,(H,16,17). The molecule has 0 saturated heterocycles. The second kappa shape index (κ2) is 4.95. The fourth-order valence-corrected chi connectivity index (χ4v) is 1.91. The van der Waals surface area contributed by atoms with Gasteiger partial charge in [0.25, 0.3) is 0 Å². The number of carboxylic acid groups (broad SMARTS) is 1. The van der Waals surface area contributed by atoms with Crippen LogP contribution in [0.15, 0.2) is 36.4 Å². The van der Waals surface area contributed by atoms with Crippen LogP contribution in [0, 0.1) is 5.82 Å². The van der Waals surface area contributed by atoms with Gasteiger partial charge in [-0.1, -0.05) is 30.3 Å². The molecule has 3 heteroatoms. The lowest BCUT2D eigenvalue weighted by Gasteiger charge is -2.04. The van der Waals surface area contributed by atoms with Gasteiger partial charge in [0.2, 0.25) is 0 Å². The molecule has 88 valence electrons. The summed E-state index contributed by atoms with van der Waals surface area (Å²) in [7, 11) is 0. The van der Waals surface area contributed by atoms with E-state index in [1.807, 2.05) is 18.2 Å². The summed E-state index contributed by atoms with van der Waals surface area (Å²) in [5.41, 5.74) is 0.849. The van der Waals surface area contributed by atoms with E-state index in [4.69, 9.17) is 5.11 Å². The predicted octanol–water partition coefficient (Wildman–Crippen LogP) is 3.39. The highest BCUT2D eigenvalue weighted by Gasteiger charge is 2.04. The van der Waals surface area contributed by atoms with Gasteiger partial charge in [-0.3, -0.25) is 4.79 Å². The third-order valence-electron chi connectivity index (χ3n) is 2.73. The Balaban J connectivity index is 2.21. The second-order valence-corrected chi connectivity index (χ2v) is 4.05. The molecule has 2 aromatic carbocycles. The van der Waals surface area contributed by atoms with Crippen LogP contribution in [0.5, 0.6) is 0 Å². The first-order valence-corrected chi connectivity index (χ1v) is 5.56. The van der Waals surface area contributed by atoms with E-state index < -0.39 is 5.97 Å². The molecule has 17 heavy (non-hydrogen) atoms. The van der Waals surface area contributed by atoms with Crippen LogP contribution in [0.2, 0.25) is 0 Å². The summed E-state index contributed by atoms with van der Waals surface area (Å²) in [6, 6.07) is 10.7. The van der Waals surface area contributed by atoms with Crippen molar-refractivity contribution in [1.82, 2.24) is 0 Å². The lowest BCUT2D eigenvalue weighted by atomic mass is 10.0. The van der Waals surface area contributed by atoms with Crippen molar-refractivity contribution in [2.45, 2.75) is 19.3 Å². The molecule has 0 unspecified atom stereocenters. The SMILES string of the molecule is O=C(O)CCCc1cc(F)c2ccccc2c1. The topological polar surface area (TPSA) is 37.3 Å². The molecule has 0 aliphatic carbocycles. The Labute approximate surface area is 98.7 Å². The van der Waals surface area contributed by atoms with Crippen LogP contribution in [0.4, 0.5) is 4.39 Å². The summed E-state index contributed by atoms with van der Waals surface area (Å²) in [6.45, 7) is 0. The average Bonchev–Trinajstić information content (AvgIpc) is 2.28. The van der Waals surface area contributed by atoms with Gasteiger partial charge in [-0.25, -0.2) is 4.39 Å². The fraction of sp³-hybridized carbons (Fsp3) is 0.214. The number of carbonyl (C=O) groups is 1. The molecule has 0 heterocycles. The summed E-state index contributed by atoms with van der Waals surface area (Å²) < 4.78 is 13.7. The molecule has 0 aromatic heterocycles. The van der Waals surface area contributed by atoms with Crippen molar-refractivity contribution in [2.24, 2.45) is 0 Å². The molecule has 0 saturated carbocycles. The summed E-state index contributed by atoms with van der Waals surface area (Å²) >= 11 is 0. The number of benzene rings is 2. The molecule has 0 radical (unpaired) electrons. The first kappa shape index (κ1) is 11.6. The Morgan fingerprint density at radius 3 is 2.76 bits per heavy atom. The Hall–Kier alpha value is -1.90. The molecule has 1 N–H and O–H groups in total. The predicted molar refractivity (Wildman–Crippen MR) is 64.5 cm³/mol. The van der Waals surface area contributed by atoms with Gasteiger partial charge in [-0.05, 0) is 29.9 Å². The lowest BCUT2D eigenvalue weighted by molar-refractivity contribution is -0.137. The number of aryl methyl sites for hydroxylation is 1. The highest BCUT2D eigenvalue weighted by atomic mass is 19.1. The maximum absolute atomic E-state index is 13.7. The maximum atomic E-state index is 13.7. The van der Waals surface area contributed by atoms with Gasteiger partial charge in [0.05, 0.1) is 0 Å². The molecule has 0 atom stereocenters. The van der Waals surface area contributed by atoms with Crippen LogP contribution in [-0.4, -0.2) is 11.1 Å². The van der Waals surface area contributed by atoms with Crippen LogP contribution in [0.3, 0.4) is 0 Å². The number of aliphatic carboxylic acids is 1. The lowest BCUT2D eigenvalue weighted by Crippen LogP contribution is -1.96. The fourth-order valence-electron chi connectivity index (χ4n) is 1.91. The molecule has 2 aromatic rings. The minimum Gasteiger partial charge on any atom is -0.481 e. The summed E-state index contributed by atoms with van der Waals surface area (Å²) in [4.78, 5) is 10.4. The Morgan fingerprint density at radius 1 is 1.24 bits per heavy atom. The number of rotatable bonds is 4. The molecular weight excluding hydrogens is 219 g/mol. The van der Waals surface area contributed by atoms with Crippen LogP contribution >= 0.6 is 0 Å². The van der Waals surface area contributed by atoms with E-state index in [0.29, 0.717) is 18.2 Å². The van der Waals surface area contributed by atoms with Crippen LogP contribution in [0.25, 0.3) is 10.8 Å². The minimum absolute atomic E-state index is 0.119. The third kappa shape index (κ3) is 2.81. The highest BCUT2D eigenvalue weighted by molar-refractivity contribution is 5.83. The van der Waals surface area contributed by atoms with Crippen LogP contribution in [-0.2, 0) is 11.2 Å². The number of halogens is 1. The van der Waals surface area contributed by atoms with Crippen molar-refractivity contribution in [3.05, 3.63) is 47.8 Å². The van der Waals surface area contributed by atoms with Crippen molar-refractivity contribution >= 4 is 16.7 Å². The van der Waals surface area contributed by atoms with Crippen LogP contribution < -0.4 is 0 Å². The van der Waals surface area contributed by atoms with Crippen LogP contribution in [0.1, 0.15) is 18.4 Å². The molecule has 0 bridgehead atoms. The van der Waals surface area contributed by atoms with E-state index in [2.05, 4.69) is 0 Å². The highest BCUT2D eigenvalue weighted by Crippen LogP contribution is 2.20. The van der Waals surface area contributed by atoms with Crippen molar-refractivity contribution in [3.8, 4) is 0 Å². The molecule has 0 amide bonds. The van der Waals surface area contributed by atoms with Crippen molar-refractivity contribution < 1.29 is 14.3 Å². The van der Waals surface area contributed by atoms with E-state index in [0.717, 1.165) is 10.9 Å². The van der Waals surface area contributed by atoms with E-state index >= 15 is 0 Å². The Kier molecular flexibility index (Phi) is 3.38. The zero-order chi connectivity index (χ0) is 12.3. The number of hydrogen-bond acceptors (Lipinski definition) is 1. The number of carboxylic acids is 1. The van der Waals surface area contributed by atoms with Gasteiger partial charge in [0, 0.05) is 11.8 Å². The summed E-state index contributed by atoms with van der Waals surface area (Å²) in [5.74, 6) is -1.06. The molecule has 2 nitrogen and oxygen atoms in total.